The molecule has 1 aliphatic heterocycles. The molecule has 106 valence electrons. The number of nitrogens with zero attached hydrogens (tertiary/aromatic N) is 2. The first-order valence-electron chi connectivity index (χ1n) is 7.07. The number of carbonyl (C=O) groups is 1. The van der Waals surface area contributed by atoms with Crippen LogP contribution in [0.5, 0.6) is 0 Å². The molecular weight excluding hydrogens is 228 g/mol. The predicted molar refractivity (Wildman–Crippen MR) is 74.4 cm³/mol. The van der Waals surface area contributed by atoms with Gasteiger partial charge in [-0.3, -0.25) is 14.6 Å². The van der Waals surface area contributed by atoms with Gasteiger partial charge in [-0.2, -0.15) is 0 Å². The third kappa shape index (κ3) is 4.55. The van der Waals surface area contributed by atoms with Crippen LogP contribution in [0.1, 0.15) is 27.2 Å². The minimum atomic E-state index is -0.249. The summed E-state index contributed by atoms with van der Waals surface area (Å²) in [7, 11) is 0. The molecule has 5 nitrogen and oxygen atoms in total. The second-order valence-corrected chi connectivity index (χ2v) is 5.11. The molecule has 1 fully saturated rings. The summed E-state index contributed by atoms with van der Waals surface area (Å²) in [6.07, 6.45) is 1.20. The Labute approximate surface area is 111 Å². The third-order valence-electron chi connectivity index (χ3n) is 3.86. The molecule has 0 spiro atoms. The van der Waals surface area contributed by atoms with Crippen molar-refractivity contribution in [3.05, 3.63) is 0 Å². The number of likely N-dealkylation sites (N-methyl/N-ethyl adjacent to an activating group) is 1. The first-order valence-corrected chi connectivity index (χ1v) is 7.07. The Balaban J connectivity index is 2.36. The molecule has 2 atom stereocenters. The zero-order chi connectivity index (χ0) is 13.5. The monoisotopic (exact) mass is 256 g/mol. The van der Waals surface area contributed by atoms with Crippen LogP contribution in [-0.4, -0.2) is 67.1 Å². The van der Waals surface area contributed by atoms with Crippen molar-refractivity contribution in [3.63, 3.8) is 0 Å². The van der Waals surface area contributed by atoms with E-state index in [1.807, 2.05) is 6.92 Å². The summed E-state index contributed by atoms with van der Waals surface area (Å²) in [4.78, 5) is 16.2. The van der Waals surface area contributed by atoms with Crippen molar-refractivity contribution >= 4 is 5.91 Å². The van der Waals surface area contributed by atoms with Gasteiger partial charge in [0.15, 0.2) is 0 Å². The topological polar surface area (TPSA) is 61.6 Å². The van der Waals surface area contributed by atoms with E-state index in [0.29, 0.717) is 6.04 Å². The Morgan fingerprint density at radius 2 is 1.89 bits per heavy atom. The van der Waals surface area contributed by atoms with Crippen LogP contribution in [-0.2, 0) is 4.79 Å². The molecule has 3 N–H and O–H groups in total. The van der Waals surface area contributed by atoms with Crippen LogP contribution >= 0.6 is 0 Å². The van der Waals surface area contributed by atoms with Crippen LogP contribution in [0, 0.1) is 0 Å². The van der Waals surface area contributed by atoms with E-state index in [1.54, 1.807) is 0 Å². The zero-order valence-electron chi connectivity index (χ0n) is 12.0. The maximum atomic E-state index is 11.3. The number of nitrogens with two attached hydrogens (primary N) is 1. The van der Waals surface area contributed by atoms with Gasteiger partial charge in [0.25, 0.3) is 0 Å². The maximum Gasteiger partial charge on any atom is 0.235 e. The maximum absolute atomic E-state index is 11.3. The van der Waals surface area contributed by atoms with Gasteiger partial charge < -0.3 is 11.1 Å². The lowest BCUT2D eigenvalue weighted by atomic mass is 10.1. The highest BCUT2D eigenvalue weighted by Gasteiger charge is 2.23. The lowest BCUT2D eigenvalue weighted by Crippen LogP contribution is -2.55. The lowest BCUT2D eigenvalue weighted by molar-refractivity contribution is -0.120. The fraction of sp³-hybridized carbons (Fsp3) is 0.923. The quantitative estimate of drug-likeness (QED) is 0.666. The molecule has 0 saturated carbocycles. The molecule has 0 aromatic heterocycles. The average molecular weight is 256 g/mol. The van der Waals surface area contributed by atoms with E-state index >= 15 is 0 Å². The fourth-order valence-electron chi connectivity index (χ4n) is 2.40. The molecule has 18 heavy (non-hydrogen) atoms. The van der Waals surface area contributed by atoms with Crippen LogP contribution in [0.4, 0.5) is 0 Å². The summed E-state index contributed by atoms with van der Waals surface area (Å²) in [6, 6.07) is 0.443. The minimum absolute atomic E-state index is 0.217. The molecule has 2 unspecified atom stereocenters. The van der Waals surface area contributed by atoms with Gasteiger partial charge in [0.2, 0.25) is 5.91 Å². The molecule has 0 aromatic rings. The summed E-state index contributed by atoms with van der Waals surface area (Å²) in [6.45, 7) is 12.2. The molecule has 0 bridgehead atoms. The Morgan fingerprint density at radius 3 is 2.33 bits per heavy atom. The van der Waals surface area contributed by atoms with E-state index in [4.69, 9.17) is 5.73 Å². The summed E-state index contributed by atoms with van der Waals surface area (Å²) in [5.74, 6) is -0.249. The number of piperazine rings is 1. The van der Waals surface area contributed by atoms with Crippen LogP contribution in [0.2, 0.25) is 0 Å². The van der Waals surface area contributed by atoms with E-state index in [9.17, 15) is 4.79 Å². The largest absolute Gasteiger partial charge is 0.368 e. The van der Waals surface area contributed by atoms with E-state index in [1.165, 1.54) is 6.42 Å². The minimum Gasteiger partial charge on any atom is -0.368 e. The van der Waals surface area contributed by atoms with Crippen molar-refractivity contribution in [1.29, 1.82) is 0 Å². The molecule has 0 radical (unpaired) electrons. The third-order valence-corrected chi connectivity index (χ3v) is 3.86. The van der Waals surface area contributed by atoms with Gasteiger partial charge in [-0.1, -0.05) is 13.8 Å². The number of hydrogen-bond donors (Lipinski definition) is 2. The summed E-state index contributed by atoms with van der Waals surface area (Å²) < 4.78 is 0. The summed E-state index contributed by atoms with van der Waals surface area (Å²) in [5.41, 5.74) is 5.40. The van der Waals surface area contributed by atoms with E-state index in [0.717, 1.165) is 39.3 Å². The number of rotatable bonds is 7. The van der Waals surface area contributed by atoms with Crippen molar-refractivity contribution in [2.75, 3.05) is 39.3 Å². The Morgan fingerprint density at radius 1 is 1.28 bits per heavy atom. The number of amides is 1. The van der Waals surface area contributed by atoms with E-state index < -0.39 is 0 Å². The fourth-order valence-corrected chi connectivity index (χ4v) is 2.40. The molecule has 1 heterocycles. The van der Waals surface area contributed by atoms with Gasteiger partial charge in [-0.05, 0) is 19.9 Å². The van der Waals surface area contributed by atoms with Crippen LogP contribution in [0.25, 0.3) is 0 Å². The summed E-state index contributed by atoms with van der Waals surface area (Å²) in [5, 5.41) is 3.14. The highest BCUT2D eigenvalue weighted by Crippen LogP contribution is 2.08. The van der Waals surface area contributed by atoms with E-state index in [2.05, 4.69) is 29.0 Å². The lowest BCUT2D eigenvalue weighted by Gasteiger charge is -2.38. The van der Waals surface area contributed by atoms with Gasteiger partial charge >= 0.3 is 0 Å². The van der Waals surface area contributed by atoms with Crippen LogP contribution in [0.15, 0.2) is 0 Å². The predicted octanol–water partition coefficient (Wildman–Crippen LogP) is -0.134. The molecular formula is C13H28N4O. The highest BCUT2D eigenvalue weighted by atomic mass is 16.1. The zero-order valence-corrected chi connectivity index (χ0v) is 12.0. The smallest absolute Gasteiger partial charge is 0.235 e. The molecule has 1 aliphatic rings. The van der Waals surface area contributed by atoms with Gasteiger partial charge in [0.1, 0.15) is 0 Å². The molecule has 0 aliphatic carbocycles. The summed E-state index contributed by atoms with van der Waals surface area (Å²) >= 11 is 0. The van der Waals surface area contributed by atoms with Crippen LogP contribution < -0.4 is 11.1 Å². The Kier molecular flexibility index (Phi) is 6.60. The van der Waals surface area contributed by atoms with Gasteiger partial charge in [0.05, 0.1) is 6.04 Å². The second kappa shape index (κ2) is 7.71. The van der Waals surface area contributed by atoms with Crippen molar-refractivity contribution in [2.45, 2.75) is 39.3 Å². The SMILES string of the molecule is CCNC(CN1CCN(C(C)CC)CC1)C(N)=O. The Bertz CT molecular complexity index is 251. The standard InChI is InChI=1S/C13H28N4O/c1-4-11(3)17-8-6-16(7-9-17)10-12(13(14)18)15-5-2/h11-12,15H,4-10H2,1-3H3,(H2,14,18). The first-order chi connectivity index (χ1) is 8.58. The van der Waals surface area contributed by atoms with Crippen molar-refractivity contribution in [1.82, 2.24) is 15.1 Å². The molecule has 0 aromatic carbocycles. The number of nitrogens with one attached hydrogen (secondary N) is 1. The molecule has 5 heteroatoms. The van der Waals surface area contributed by atoms with Gasteiger partial charge in [-0.15, -0.1) is 0 Å². The molecule has 1 rings (SSSR count). The van der Waals surface area contributed by atoms with Crippen molar-refractivity contribution in [3.8, 4) is 0 Å². The van der Waals surface area contributed by atoms with E-state index in [-0.39, 0.29) is 11.9 Å². The van der Waals surface area contributed by atoms with Crippen molar-refractivity contribution in [2.24, 2.45) is 5.73 Å². The normalized spacial score (nSPS) is 21.7. The number of primary amides is 1. The highest BCUT2D eigenvalue weighted by molar-refractivity contribution is 5.80. The average Bonchev–Trinajstić information content (AvgIpc) is 2.38. The Hall–Kier alpha value is -0.650. The molecule has 1 saturated heterocycles. The molecule has 1 amide bonds. The number of carbonyl (C=O) groups excluding carboxylic acids is 1. The van der Waals surface area contributed by atoms with Gasteiger partial charge in [-0.25, -0.2) is 0 Å². The van der Waals surface area contributed by atoms with Gasteiger partial charge in [0, 0.05) is 38.8 Å². The van der Waals surface area contributed by atoms with Crippen LogP contribution in [0.3, 0.4) is 0 Å². The van der Waals surface area contributed by atoms with Crippen molar-refractivity contribution < 1.29 is 4.79 Å². The first kappa shape index (κ1) is 15.4. The number of hydrogen-bond acceptors (Lipinski definition) is 4. The second-order valence-electron chi connectivity index (χ2n) is 5.11.